The van der Waals surface area contributed by atoms with Gasteiger partial charge in [-0.2, -0.15) is 0 Å². The second kappa shape index (κ2) is 10.9. The van der Waals surface area contributed by atoms with E-state index in [1.54, 1.807) is 30.2 Å². The fourth-order valence-corrected chi connectivity index (χ4v) is 4.62. The van der Waals surface area contributed by atoms with E-state index < -0.39 is 0 Å². The van der Waals surface area contributed by atoms with Crippen molar-refractivity contribution in [1.29, 1.82) is 0 Å². The van der Waals surface area contributed by atoms with Crippen molar-refractivity contribution < 1.29 is 14.3 Å². The minimum Gasteiger partial charge on any atom is -0.493 e. The molecule has 162 valence electrons. The van der Waals surface area contributed by atoms with E-state index in [9.17, 15) is 4.79 Å². The maximum atomic E-state index is 13.1. The summed E-state index contributed by atoms with van der Waals surface area (Å²) in [6.07, 6.45) is 4.33. The Morgan fingerprint density at radius 2 is 2.03 bits per heavy atom. The van der Waals surface area contributed by atoms with Crippen LogP contribution in [-0.2, 0) is 4.79 Å². The first-order valence-electron chi connectivity index (χ1n) is 9.63. The molecule has 1 amide bonds. The highest BCUT2D eigenvalue weighted by atomic mass is 79.9. The number of carbonyl (C=O) groups is 1. The summed E-state index contributed by atoms with van der Waals surface area (Å²) < 4.78 is 11.9. The largest absolute Gasteiger partial charge is 0.493 e. The predicted octanol–water partition coefficient (Wildman–Crippen LogP) is 6.69. The van der Waals surface area contributed by atoms with E-state index in [1.807, 2.05) is 37.3 Å². The van der Waals surface area contributed by atoms with Crippen LogP contribution in [0.4, 0.5) is 5.69 Å². The van der Waals surface area contributed by atoms with Gasteiger partial charge in [-0.15, -0.1) is 0 Å². The van der Waals surface area contributed by atoms with Gasteiger partial charge in [-0.25, -0.2) is 4.99 Å². The molecule has 2 aromatic rings. The number of hydrogen-bond acceptors (Lipinski definition) is 5. The lowest BCUT2D eigenvalue weighted by molar-refractivity contribution is -0.122. The van der Waals surface area contributed by atoms with Crippen LogP contribution in [0.25, 0.3) is 6.08 Å². The Bertz CT molecular complexity index is 1040. The Morgan fingerprint density at radius 3 is 2.68 bits per heavy atom. The van der Waals surface area contributed by atoms with Crippen LogP contribution in [0.5, 0.6) is 11.5 Å². The van der Waals surface area contributed by atoms with Crippen molar-refractivity contribution in [3.05, 3.63) is 69.0 Å². The van der Waals surface area contributed by atoms with Gasteiger partial charge in [-0.3, -0.25) is 9.69 Å². The molecule has 0 aromatic heterocycles. The van der Waals surface area contributed by atoms with E-state index in [-0.39, 0.29) is 5.91 Å². The quantitative estimate of drug-likeness (QED) is 0.287. The van der Waals surface area contributed by atoms with Crippen molar-refractivity contribution in [3.63, 3.8) is 0 Å². The maximum Gasteiger partial charge on any atom is 0.266 e. The Morgan fingerprint density at radius 1 is 1.29 bits per heavy atom. The third-order valence-electron chi connectivity index (χ3n) is 4.28. The zero-order valence-corrected chi connectivity index (χ0v) is 20.4. The number of hydrogen-bond donors (Lipinski definition) is 0. The van der Waals surface area contributed by atoms with Crippen LogP contribution in [0.3, 0.4) is 0 Å². The molecule has 1 saturated heterocycles. The Kier molecular flexibility index (Phi) is 8.23. The maximum absolute atomic E-state index is 13.1. The summed E-state index contributed by atoms with van der Waals surface area (Å²) in [6, 6.07) is 10.9. The average Bonchev–Trinajstić information content (AvgIpc) is 3.03. The third-order valence-corrected chi connectivity index (χ3v) is 6.13. The number of carbonyl (C=O) groups excluding carboxylic acids is 1. The Hall–Kier alpha value is -2.22. The molecule has 1 aliphatic rings. The molecule has 1 fully saturated rings. The summed E-state index contributed by atoms with van der Waals surface area (Å²) in [6.45, 7) is 6.65. The van der Waals surface area contributed by atoms with E-state index in [0.717, 1.165) is 22.1 Å². The van der Waals surface area contributed by atoms with Gasteiger partial charge in [-0.05, 0) is 82.2 Å². The zero-order valence-electron chi connectivity index (χ0n) is 17.2. The number of thioether (sulfide) groups is 1. The lowest BCUT2D eigenvalue weighted by atomic mass is 10.2. The van der Waals surface area contributed by atoms with E-state index in [1.165, 1.54) is 11.8 Å². The van der Waals surface area contributed by atoms with Crippen LogP contribution in [0.2, 0.25) is 5.02 Å². The number of halogens is 2. The summed E-state index contributed by atoms with van der Waals surface area (Å²) >= 11 is 10.8. The lowest BCUT2D eigenvalue weighted by Crippen LogP contribution is -2.29. The Labute approximate surface area is 199 Å². The number of methoxy groups -OCH3 is 1. The van der Waals surface area contributed by atoms with Crippen molar-refractivity contribution in [2.24, 2.45) is 4.99 Å². The van der Waals surface area contributed by atoms with E-state index in [0.29, 0.717) is 39.7 Å². The molecule has 1 aliphatic heterocycles. The fourth-order valence-electron chi connectivity index (χ4n) is 2.90. The molecule has 8 heteroatoms. The van der Waals surface area contributed by atoms with Gasteiger partial charge in [0.1, 0.15) is 6.61 Å². The van der Waals surface area contributed by atoms with E-state index in [4.69, 9.17) is 21.1 Å². The number of amidine groups is 1. The van der Waals surface area contributed by atoms with E-state index >= 15 is 0 Å². The van der Waals surface area contributed by atoms with Gasteiger partial charge >= 0.3 is 0 Å². The molecule has 0 spiro atoms. The van der Waals surface area contributed by atoms with Gasteiger partial charge in [0.2, 0.25) is 0 Å². The summed E-state index contributed by atoms with van der Waals surface area (Å²) in [5.41, 5.74) is 1.56. The first-order chi connectivity index (χ1) is 15.0. The zero-order chi connectivity index (χ0) is 22.4. The number of benzene rings is 2. The molecule has 5 nitrogen and oxygen atoms in total. The van der Waals surface area contributed by atoms with Crippen molar-refractivity contribution in [3.8, 4) is 11.5 Å². The standard InChI is InChI=1S/C23H22BrClN2O3S/c1-4-10-27-22(28)20(31-23(27)26-17-8-6-16(25)7-9-17)14-15-12-18(24)21(30-11-5-2)19(13-15)29-3/h5-9,12-14H,2,4,10-11H2,1,3H3/b20-14-,26-23?. The second-order valence-electron chi connectivity index (χ2n) is 6.57. The fraction of sp³-hybridized carbons (Fsp3) is 0.217. The monoisotopic (exact) mass is 520 g/mol. The molecule has 2 aromatic carbocycles. The summed E-state index contributed by atoms with van der Waals surface area (Å²) in [5.74, 6) is 1.09. The smallest absolute Gasteiger partial charge is 0.266 e. The highest BCUT2D eigenvalue weighted by molar-refractivity contribution is 9.10. The van der Waals surface area contributed by atoms with Gasteiger partial charge in [0, 0.05) is 11.6 Å². The minimum absolute atomic E-state index is 0.0679. The topological polar surface area (TPSA) is 51.1 Å². The minimum atomic E-state index is -0.0679. The molecule has 0 aliphatic carbocycles. The van der Waals surface area contributed by atoms with Crippen molar-refractivity contribution >= 4 is 62.1 Å². The van der Waals surface area contributed by atoms with Crippen LogP contribution in [0, 0.1) is 0 Å². The molecule has 31 heavy (non-hydrogen) atoms. The van der Waals surface area contributed by atoms with Crippen molar-refractivity contribution in [1.82, 2.24) is 4.90 Å². The lowest BCUT2D eigenvalue weighted by Gasteiger charge is -2.14. The van der Waals surface area contributed by atoms with Gasteiger partial charge in [0.25, 0.3) is 5.91 Å². The number of rotatable bonds is 8. The van der Waals surface area contributed by atoms with Crippen LogP contribution in [0.15, 0.2) is 63.4 Å². The SMILES string of the molecule is C=CCOc1c(Br)cc(/C=C2\SC(=Nc3ccc(Cl)cc3)N(CCC)C2=O)cc1OC. The highest BCUT2D eigenvalue weighted by Crippen LogP contribution is 2.39. The molecular formula is C23H22BrClN2O3S. The van der Waals surface area contributed by atoms with Gasteiger partial charge < -0.3 is 9.47 Å². The number of ether oxygens (including phenoxy) is 2. The average molecular weight is 522 g/mol. The molecule has 0 atom stereocenters. The Balaban J connectivity index is 1.95. The molecule has 0 radical (unpaired) electrons. The van der Waals surface area contributed by atoms with Crippen LogP contribution in [-0.4, -0.2) is 36.2 Å². The van der Waals surface area contributed by atoms with Crippen molar-refractivity contribution in [2.75, 3.05) is 20.3 Å². The van der Waals surface area contributed by atoms with Crippen LogP contribution < -0.4 is 9.47 Å². The van der Waals surface area contributed by atoms with Crippen LogP contribution >= 0.6 is 39.3 Å². The summed E-state index contributed by atoms with van der Waals surface area (Å²) in [5, 5.41) is 1.29. The second-order valence-corrected chi connectivity index (χ2v) is 8.87. The number of nitrogens with zero attached hydrogens (tertiary/aromatic N) is 2. The molecule has 0 bridgehead atoms. The predicted molar refractivity (Wildman–Crippen MR) is 133 cm³/mol. The summed E-state index contributed by atoms with van der Waals surface area (Å²) in [4.78, 5) is 20.0. The molecular weight excluding hydrogens is 500 g/mol. The van der Waals surface area contributed by atoms with Crippen LogP contribution in [0.1, 0.15) is 18.9 Å². The molecule has 1 heterocycles. The molecule has 0 N–H and O–H groups in total. The molecule has 3 rings (SSSR count). The molecule has 0 unspecified atom stereocenters. The van der Waals surface area contributed by atoms with Gasteiger partial charge in [0.15, 0.2) is 16.7 Å². The number of amides is 1. The van der Waals surface area contributed by atoms with Gasteiger partial charge in [0.05, 0.1) is 22.2 Å². The third kappa shape index (κ3) is 5.73. The van der Waals surface area contributed by atoms with Crippen molar-refractivity contribution in [2.45, 2.75) is 13.3 Å². The summed E-state index contributed by atoms with van der Waals surface area (Å²) in [7, 11) is 1.58. The first-order valence-corrected chi connectivity index (χ1v) is 11.6. The first kappa shape index (κ1) is 23.4. The molecule has 0 saturated carbocycles. The number of aliphatic imine (C=N–C) groups is 1. The van der Waals surface area contributed by atoms with E-state index in [2.05, 4.69) is 27.5 Å². The van der Waals surface area contributed by atoms with Gasteiger partial charge in [-0.1, -0.05) is 31.2 Å². The highest BCUT2D eigenvalue weighted by Gasteiger charge is 2.32. The normalized spacial score (nSPS) is 16.3.